The Morgan fingerprint density at radius 3 is 2.90 bits per heavy atom. The molecule has 2 heterocycles. The molecule has 0 fully saturated rings. The van der Waals surface area contributed by atoms with Crippen LogP contribution in [0.5, 0.6) is 5.75 Å². The normalized spacial score (nSPS) is 15.9. The van der Waals surface area contributed by atoms with Crippen molar-refractivity contribution in [3.63, 3.8) is 0 Å². The van der Waals surface area contributed by atoms with Crippen molar-refractivity contribution in [2.24, 2.45) is 7.05 Å². The molecule has 1 aromatic carbocycles. The van der Waals surface area contributed by atoms with E-state index in [-0.39, 0.29) is 5.60 Å². The lowest BCUT2D eigenvalue weighted by atomic mass is 10.0. The topological polar surface area (TPSA) is 39.1 Å². The molecule has 0 saturated heterocycles. The van der Waals surface area contributed by atoms with Gasteiger partial charge in [0.2, 0.25) is 0 Å². The van der Waals surface area contributed by atoms with E-state index in [0.717, 1.165) is 31.0 Å². The van der Waals surface area contributed by atoms with Crippen molar-refractivity contribution in [1.29, 1.82) is 0 Å². The maximum absolute atomic E-state index is 6.07. The average Bonchev–Trinajstić information content (AvgIpc) is 2.91. The summed E-state index contributed by atoms with van der Waals surface area (Å²) in [4.78, 5) is 0. The summed E-state index contributed by atoms with van der Waals surface area (Å²) in [7, 11) is 1.93. The van der Waals surface area contributed by atoms with Crippen molar-refractivity contribution < 1.29 is 4.74 Å². The van der Waals surface area contributed by atoms with E-state index >= 15 is 0 Å². The van der Waals surface area contributed by atoms with Crippen molar-refractivity contribution in [2.75, 3.05) is 0 Å². The van der Waals surface area contributed by atoms with Crippen LogP contribution in [-0.2, 0) is 26.6 Å². The zero-order valence-electron chi connectivity index (χ0n) is 12.3. The van der Waals surface area contributed by atoms with Crippen LogP contribution < -0.4 is 10.1 Å². The van der Waals surface area contributed by atoms with Crippen LogP contribution in [0.4, 0.5) is 0 Å². The fourth-order valence-electron chi connectivity index (χ4n) is 2.70. The predicted molar refractivity (Wildman–Crippen MR) is 78.6 cm³/mol. The van der Waals surface area contributed by atoms with Gasteiger partial charge in [-0.2, -0.15) is 5.10 Å². The molecule has 0 saturated carbocycles. The monoisotopic (exact) mass is 271 g/mol. The van der Waals surface area contributed by atoms with Crippen molar-refractivity contribution in [3.8, 4) is 5.75 Å². The van der Waals surface area contributed by atoms with E-state index in [1.54, 1.807) is 0 Å². The first-order valence-corrected chi connectivity index (χ1v) is 7.02. The Balaban J connectivity index is 1.66. The van der Waals surface area contributed by atoms with E-state index in [1.807, 2.05) is 24.0 Å². The van der Waals surface area contributed by atoms with E-state index in [4.69, 9.17) is 4.74 Å². The van der Waals surface area contributed by atoms with Gasteiger partial charge in [0.05, 0.1) is 5.69 Å². The van der Waals surface area contributed by atoms with Crippen LogP contribution in [-0.4, -0.2) is 15.4 Å². The summed E-state index contributed by atoms with van der Waals surface area (Å²) in [6, 6.07) is 8.43. The molecule has 0 atom stereocenters. The second-order valence-corrected chi connectivity index (χ2v) is 6.03. The van der Waals surface area contributed by atoms with E-state index in [2.05, 4.69) is 42.5 Å². The molecule has 1 aromatic heterocycles. The van der Waals surface area contributed by atoms with Gasteiger partial charge in [-0.3, -0.25) is 4.68 Å². The highest BCUT2D eigenvalue weighted by molar-refractivity contribution is 5.45. The molecule has 4 heteroatoms. The molecule has 106 valence electrons. The minimum absolute atomic E-state index is 0.0839. The first-order valence-electron chi connectivity index (χ1n) is 7.02. The van der Waals surface area contributed by atoms with Crippen LogP contribution in [0.2, 0.25) is 0 Å². The number of para-hydroxylation sites is 1. The lowest BCUT2D eigenvalue weighted by Crippen LogP contribution is -2.25. The number of nitrogens with zero attached hydrogens (tertiary/aromatic N) is 2. The van der Waals surface area contributed by atoms with Crippen molar-refractivity contribution in [3.05, 3.63) is 47.3 Å². The number of nitrogens with one attached hydrogen (secondary N) is 1. The molecular weight excluding hydrogens is 250 g/mol. The molecule has 1 N–H and O–H groups in total. The van der Waals surface area contributed by atoms with Crippen LogP contribution in [0.15, 0.2) is 30.5 Å². The van der Waals surface area contributed by atoms with Gasteiger partial charge < -0.3 is 10.1 Å². The van der Waals surface area contributed by atoms with E-state index in [1.165, 1.54) is 11.1 Å². The molecule has 2 aromatic rings. The Morgan fingerprint density at radius 1 is 1.30 bits per heavy atom. The van der Waals surface area contributed by atoms with Gasteiger partial charge in [0.1, 0.15) is 11.4 Å². The fourth-order valence-corrected chi connectivity index (χ4v) is 2.70. The zero-order valence-corrected chi connectivity index (χ0v) is 12.3. The molecule has 0 unspecified atom stereocenters. The molecule has 3 rings (SSSR count). The van der Waals surface area contributed by atoms with Gasteiger partial charge in [-0.1, -0.05) is 18.2 Å². The molecule has 1 aliphatic heterocycles. The lowest BCUT2D eigenvalue weighted by molar-refractivity contribution is 0.137. The Hall–Kier alpha value is -1.81. The number of aromatic nitrogens is 2. The standard InChI is InChI=1S/C16H21N3O/c1-16(2)9-12-5-4-6-13(15(12)20-16)10-17-11-14-7-8-19(3)18-14/h4-8,17H,9-11H2,1-3H3. The molecule has 1 aliphatic rings. The Bertz CT molecular complexity index is 616. The number of aryl methyl sites for hydroxylation is 1. The molecular formula is C16H21N3O. The number of benzene rings is 1. The van der Waals surface area contributed by atoms with E-state index in [9.17, 15) is 0 Å². The smallest absolute Gasteiger partial charge is 0.127 e. The number of fused-ring (bicyclic) bond motifs is 1. The fraction of sp³-hybridized carbons (Fsp3) is 0.438. The third-order valence-electron chi connectivity index (χ3n) is 3.56. The molecule has 0 aliphatic carbocycles. The lowest BCUT2D eigenvalue weighted by Gasteiger charge is -2.18. The highest BCUT2D eigenvalue weighted by atomic mass is 16.5. The Morgan fingerprint density at radius 2 is 2.15 bits per heavy atom. The minimum Gasteiger partial charge on any atom is -0.487 e. The first kappa shape index (κ1) is 13.2. The second-order valence-electron chi connectivity index (χ2n) is 6.03. The van der Waals surface area contributed by atoms with Gasteiger partial charge in [-0.25, -0.2) is 0 Å². The second kappa shape index (κ2) is 4.94. The van der Waals surface area contributed by atoms with Crippen LogP contribution in [0.3, 0.4) is 0 Å². The Labute approximate surface area is 119 Å². The summed E-state index contributed by atoms with van der Waals surface area (Å²) < 4.78 is 7.89. The predicted octanol–water partition coefficient (Wildman–Crippen LogP) is 2.42. The number of hydrogen-bond acceptors (Lipinski definition) is 3. The highest BCUT2D eigenvalue weighted by Gasteiger charge is 2.31. The third kappa shape index (κ3) is 2.70. The van der Waals surface area contributed by atoms with Gasteiger partial charge in [0.15, 0.2) is 0 Å². The summed E-state index contributed by atoms with van der Waals surface area (Å²) >= 11 is 0. The van der Waals surface area contributed by atoms with Crippen molar-refractivity contribution in [2.45, 2.75) is 39.0 Å². The summed E-state index contributed by atoms with van der Waals surface area (Å²) in [6.07, 6.45) is 2.94. The SMILES string of the molecule is Cn1ccc(CNCc2cccc3c2OC(C)(C)C3)n1. The summed E-state index contributed by atoms with van der Waals surface area (Å²) in [5, 5.41) is 7.79. The van der Waals surface area contributed by atoms with Gasteiger partial charge in [0.25, 0.3) is 0 Å². The maximum Gasteiger partial charge on any atom is 0.127 e. The number of hydrogen-bond donors (Lipinski definition) is 1. The summed E-state index contributed by atoms with van der Waals surface area (Å²) in [5.41, 5.74) is 3.51. The Kier molecular flexibility index (Phi) is 3.26. The van der Waals surface area contributed by atoms with Crippen LogP contribution >= 0.6 is 0 Å². The average molecular weight is 271 g/mol. The van der Waals surface area contributed by atoms with Gasteiger partial charge >= 0.3 is 0 Å². The summed E-state index contributed by atoms with van der Waals surface area (Å²) in [5.74, 6) is 1.06. The van der Waals surface area contributed by atoms with Gasteiger partial charge in [-0.15, -0.1) is 0 Å². The minimum atomic E-state index is -0.0839. The van der Waals surface area contributed by atoms with E-state index < -0.39 is 0 Å². The quantitative estimate of drug-likeness (QED) is 0.928. The third-order valence-corrected chi connectivity index (χ3v) is 3.56. The molecule has 4 nitrogen and oxygen atoms in total. The van der Waals surface area contributed by atoms with Crippen molar-refractivity contribution >= 4 is 0 Å². The van der Waals surface area contributed by atoms with Crippen molar-refractivity contribution in [1.82, 2.24) is 15.1 Å². The molecule has 0 amide bonds. The summed E-state index contributed by atoms with van der Waals surface area (Å²) in [6.45, 7) is 5.85. The zero-order chi connectivity index (χ0) is 14.2. The number of ether oxygens (including phenoxy) is 1. The van der Waals surface area contributed by atoms with E-state index in [0.29, 0.717) is 0 Å². The van der Waals surface area contributed by atoms with Crippen LogP contribution in [0.25, 0.3) is 0 Å². The van der Waals surface area contributed by atoms with Gasteiger partial charge in [-0.05, 0) is 25.5 Å². The number of rotatable bonds is 4. The molecule has 20 heavy (non-hydrogen) atoms. The largest absolute Gasteiger partial charge is 0.487 e. The molecule has 0 radical (unpaired) electrons. The van der Waals surface area contributed by atoms with Crippen LogP contribution in [0.1, 0.15) is 30.7 Å². The van der Waals surface area contributed by atoms with Gasteiger partial charge in [0, 0.05) is 38.3 Å². The maximum atomic E-state index is 6.07. The van der Waals surface area contributed by atoms with Crippen LogP contribution in [0, 0.1) is 0 Å². The molecule has 0 bridgehead atoms. The first-order chi connectivity index (χ1) is 9.53. The molecule has 0 spiro atoms. The highest BCUT2D eigenvalue weighted by Crippen LogP contribution is 2.37.